The summed E-state index contributed by atoms with van der Waals surface area (Å²) in [6.45, 7) is 3.57. The van der Waals surface area contributed by atoms with Crippen LogP contribution >= 0.6 is 0 Å². The first kappa shape index (κ1) is 13.1. The quantitative estimate of drug-likeness (QED) is 0.619. The lowest BCUT2D eigenvalue weighted by Gasteiger charge is -2.25. The van der Waals surface area contributed by atoms with Crippen LogP contribution < -0.4 is 0 Å². The molecule has 0 aliphatic rings. The molecule has 0 aliphatic heterocycles. The lowest BCUT2D eigenvalue weighted by Crippen LogP contribution is -2.42. The van der Waals surface area contributed by atoms with Gasteiger partial charge in [-0.05, 0) is 24.3 Å². The molecule has 1 aromatic heterocycles. The van der Waals surface area contributed by atoms with Crippen molar-refractivity contribution in [2.45, 2.75) is 26.4 Å². The van der Waals surface area contributed by atoms with Crippen molar-refractivity contribution in [3.05, 3.63) is 6.33 Å². The predicted molar refractivity (Wildman–Crippen MR) is 56.7 cm³/mol. The number of methoxy groups -OCH3 is 1. The van der Waals surface area contributed by atoms with Gasteiger partial charge in [0, 0.05) is 6.04 Å². The first-order valence-electron chi connectivity index (χ1n) is 5.11. The summed E-state index contributed by atoms with van der Waals surface area (Å²) in [7, 11) is 1.28. The maximum absolute atomic E-state index is 11.9. The molecule has 0 radical (unpaired) electrons. The van der Waals surface area contributed by atoms with Gasteiger partial charge in [-0.25, -0.2) is 4.68 Å². The van der Waals surface area contributed by atoms with Gasteiger partial charge in [0.05, 0.1) is 7.11 Å². The van der Waals surface area contributed by atoms with Gasteiger partial charge < -0.3 is 9.64 Å². The third-order valence-corrected chi connectivity index (χ3v) is 2.16. The molecule has 0 saturated heterocycles. The van der Waals surface area contributed by atoms with Crippen LogP contribution in [0.25, 0.3) is 0 Å². The largest absolute Gasteiger partial charge is 0.468 e. The zero-order valence-electron chi connectivity index (χ0n) is 10.0. The molecule has 94 valence electrons. The van der Waals surface area contributed by atoms with E-state index in [0.717, 1.165) is 0 Å². The van der Waals surface area contributed by atoms with Crippen LogP contribution in [0.5, 0.6) is 0 Å². The molecule has 0 spiro atoms. The number of ether oxygens (including phenoxy) is 1. The molecule has 0 saturated carbocycles. The van der Waals surface area contributed by atoms with Crippen LogP contribution in [0.15, 0.2) is 6.33 Å². The minimum Gasteiger partial charge on any atom is -0.468 e. The highest BCUT2D eigenvalue weighted by Gasteiger charge is 2.20. The van der Waals surface area contributed by atoms with Gasteiger partial charge in [-0.3, -0.25) is 9.59 Å². The first-order valence-corrected chi connectivity index (χ1v) is 5.11. The fourth-order valence-corrected chi connectivity index (χ4v) is 1.24. The van der Waals surface area contributed by atoms with E-state index in [9.17, 15) is 9.59 Å². The molecule has 1 aromatic rings. The van der Waals surface area contributed by atoms with Gasteiger partial charge in [0.2, 0.25) is 5.91 Å². The summed E-state index contributed by atoms with van der Waals surface area (Å²) in [5.41, 5.74) is 0. The summed E-state index contributed by atoms with van der Waals surface area (Å²) in [6.07, 6.45) is 1.34. The van der Waals surface area contributed by atoms with E-state index in [2.05, 4.69) is 20.3 Å². The highest BCUT2D eigenvalue weighted by molar-refractivity contribution is 5.82. The van der Waals surface area contributed by atoms with E-state index < -0.39 is 5.97 Å². The SMILES string of the molecule is COC(=O)CN(C(=O)Cn1cnnn1)C(C)C. The number of tetrazole rings is 1. The van der Waals surface area contributed by atoms with E-state index >= 15 is 0 Å². The number of aromatic nitrogens is 4. The molecule has 8 nitrogen and oxygen atoms in total. The Kier molecular flexibility index (Phi) is 4.56. The summed E-state index contributed by atoms with van der Waals surface area (Å²) in [6, 6.07) is -0.0990. The fraction of sp³-hybridized carbons (Fsp3) is 0.667. The van der Waals surface area contributed by atoms with Crippen molar-refractivity contribution in [2.75, 3.05) is 13.7 Å². The molecule has 8 heteroatoms. The molecule has 0 atom stereocenters. The van der Waals surface area contributed by atoms with Crippen LogP contribution in [0.2, 0.25) is 0 Å². The lowest BCUT2D eigenvalue weighted by molar-refractivity contribution is -0.148. The van der Waals surface area contributed by atoms with E-state index in [0.29, 0.717) is 0 Å². The minimum absolute atomic E-state index is 0.00216. The smallest absolute Gasteiger partial charge is 0.325 e. The zero-order chi connectivity index (χ0) is 12.8. The Labute approximate surface area is 98.5 Å². The van der Waals surface area contributed by atoms with Crippen molar-refractivity contribution in [3.63, 3.8) is 0 Å². The molecular weight excluding hydrogens is 226 g/mol. The van der Waals surface area contributed by atoms with E-state index in [4.69, 9.17) is 0 Å². The second-order valence-corrected chi connectivity index (χ2v) is 3.70. The maximum atomic E-state index is 11.9. The monoisotopic (exact) mass is 241 g/mol. The first-order chi connectivity index (χ1) is 8.04. The fourth-order valence-electron chi connectivity index (χ4n) is 1.24. The molecule has 0 aliphatic carbocycles. The van der Waals surface area contributed by atoms with Crippen LogP contribution in [0.1, 0.15) is 13.8 Å². The second-order valence-electron chi connectivity index (χ2n) is 3.70. The number of hydrogen-bond donors (Lipinski definition) is 0. The summed E-state index contributed by atoms with van der Waals surface area (Å²) < 4.78 is 5.84. The van der Waals surface area contributed by atoms with Gasteiger partial charge in [-0.15, -0.1) is 5.10 Å². The van der Waals surface area contributed by atoms with Crippen molar-refractivity contribution in [2.24, 2.45) is 0 Å². The number of carbonyl (C=O) groups is 2. The van der Waals surface area contributed by atoms with Crippen LogP contribution in [0.4, 0.5) is 0 Å². The molecule has 1 amide bonds. The van der Waals surface area contributed by atoms with Gasteiger partial charge in [0.25, 0.3) is 0 Å². The number of nitrogens with zero attached hydrogens (tertiary/aromatic N) is 5. The van der Waals surface area contributed by atoms with Crippen LogP contribution in [0.3, 0.4) is 0 Å². The third-order valence-electron chi connectivity index (χ3n) is 2.16. The minimum atomic E-state index is -0.455. The predicted octanol–water partition coefficient (Wildman–Crippen LogP) is -0.917. The Morgan fingerprint density at radius 2 is 2.18 bits per heavy atom. The highest BCUT2D eigenvalue weighted by atomic mass is 16.5. The van der Waals surface area contributed by atoms with Crippen molar-refractivity contribution >= 4 is 11.9 Å². The summed E-state index contributed by atoms with van der Waals surface area (Å²) in [5, 5.41) is 10.4. The molecule has 0 unspecified atom stereocenters. The summed E-state index contributed by atoms with van der Waals surface area (Å²) in [5.74, 6) is -0.693. The molecule has 0 N–H and O–H groups in total. The third kappa shape index (κ3) is 3.82. The van der Waals surface area contributed by atoms with Gasteiger partial charge in [0.1, 0.15) is 19.4 Å². The zero-order valence-corrected chi connectivity index (χ0v) is 10.0. The van der Waals surface area contributed by atoms with E-state index in [1.807, 2.05) is 13.8 Å². The van der Waals surface area contributed by atoms with Crippen LogP contribution in [-0.4, -0.2) is 56.7 Å². The Balaban J connectivity index is 2.64. The number of rotatable bonds is 5. The van der Waals surface area contributed by atoms with Crippen molar-refractivity contribution in [3.8, 4) is 0 Å². The number of amides is 1. The summed E-state index contributed by atoms with van der Waals surface area (Å²) in [4.78, 5) is 24.5. The normalized spacial score (nSPS) is 10.4. The highest BCUT2D eigenvalue weighted by Crippen LogP contribution is 2.01. The Bertz CT molecular complexity index is 376. The van der Waals surface area contributed by atoms with E-state index in [-0.39, 0.29) is 25.0 Å². The summed E-state index contributed by atoms with van der Waals surface area (Å²) >= 11 is 0. The van der Waals surface area contributed by atoms with Gasteiger partial charge in [-0.2, -0.15) is 0 Å². The maximum Gasteiger partial charge on any atom is 0.325 e. The molecule has 0 bridgehead atoms. The molecule has 1 rings (SSSR count). The van der Waals surface area contributed by atoms with Crippen LogP contribution in [0, 0.1) is 0 Å². The number of carbonyl (C=O) groups excluding carboxylic acids is 2. The average Bonchev–Trinajstić information content (AvgIpc) is 2.77. The topological polar surface area (TPSA) is 90.2 Å². The van der Waals surface area contributed by atoms with Gasteiger partial charge in [0.15, 0.2) is 0 Å². The standard InChI is InChI=1S/C9H15N5O3/c1-7(2)14(5-9(16)17-3)8(15)4-13-6-10-11-12-13/h6-7H,4-5H2,1-3H3. The van der Waals surface area contributed by atoms with E-state index in [1.165, 1.54) is 23.0 Å². The van der Waals surface area contributed by atoms with E-state index in [1.54, 1.807) is 0 Å². The van der Waals surface area contributed by atoms with Crippen molar-refractivity contribution < 1.29 is 14.3 Å². The number of esters is 1. The molecule has 1 heterocycles. The van der Waals surface area contributed by atoms with Crippen molar-refractivity contribution in [1.82, 2.24) is 25.1 Å². The Morgan fingerprint density at radius 3 is 2.65 bits per heavy atom. The average molecular weight is 241 g/mol. The van der Waals surface area contributed by atoms with Gasteiger partial charge >= 0.3 is 5.97 Å². The molecule has 17 heavy (non-hydrogen) atoms. The Hall–Kier alpha value is -1.99. The van der Waals surface area contributed by atoms with Gasteiger partial charge in [-0.1, -0.05) is 0 Å². The lowest BCUT2D eigenvalue weighted by atomic mass is 10.3. The molecule has 0 fully saturated rings. The van der Waals surface area contributed by atoms with Crippen molar-refractivity contribution in [1.29, 1.82) is 0 Å². The van der Waals surface area contributed by atoms with Crippen LogP contribution in [-0.2, 0) is 20.9 Å². The molecule has 0 aromatic carbocycles. The number of hydrogen-bond acceptors (Lipinski definition) is 6. The Morgan fingerprint density at radius 1 is 1.47 bits per heavy atom. The molecular formula is C9H15N5O3. The second kappa shape index (κ2) is 5.92.